The Morgan fingerprint density at radius 1 is 0.959 bits per heavy atom. The number of nitrogens with zero attached hydrogens (tertiary/aromatic N) is 3. The van der Waals surface area contributed by atoms with Gasteiger partial charge in [-0.2, -0.15) is 13.2 Å². The number of ether oxygens (including phenoxy) is 3. The molecule has 0 spiro atoms. The van der Waals surface area contributed by atoms with Gasteiger partial charge in [-0.3, -0.25) is 4.79 Å². The van der Waals surface area contributed by atoms with Crippen LogP contribution in [0.5, 0.6) is 0 Å². The largest absolute Gasteiger partial charge is 0.465 e. The van der Waals surface area contributed by atoms with Crippen LogP contribution in [0.1, 0.15) is 69.5 Å². The van der Waals surface area contributed by atoms with Crippen LogP contribution < -0.4 is 5.32 Å². The lowest BCUT2D eigenvalue weighted by atomic mass is 9.82. The Labute approximate surface area is 285 Å². The third kappa shape index (κ3) is 9.55. The van der Waals surface area contributed by atoms with Crippen molar-refractivity contribution in [3.05, 3.63) is 89.0 Å². The van der Waals surface area contributed by atoms with Gasteiger partial charge in [-0.1, -0.05) is 56.0 Å². The van der Waals surface area contributed by atoms with E-state index < -0.39 is 37.5 Å². The third-order valence-corrected chi connectivity index (χ3v) is 10.4. The fourth-order valence-electron chi connectivity index (χ4n) is 5.96. The number of imidazole rings is 1. The number of rotatable bonds is 13. The monoisotopic (exact) mass is 696 g/mol. The number of hydrogen-bond acceptors (Lipinski definition) is 7. The van der Waals surface area contributed by atoms with Crippen LogP contribution in [0.15, 0.2) is 60.7 Å². The predicted molar refractivity (Wildman–Crippen MR) is 183 cm³/mol. The summed E-state index contributed by atoms with van der Waals surface area (Å²) in [7, 11) is -0.143. The highest BCUT2D eigenvalue weighted by molar-refractivity contribution is 6.76. The van der Waals surface area contributed by atoms with Crippen molar-refractivity contribution in [2.24, 2.45) is 5.92 Å². The minimum atomic E-state index is -4.72. The average Bonchev–Trinajstić information content (AvgIpc) is 3.43. The molecular weight excluding hydrogens is 653 g/mol. The molecule has 1 saturated carbocycles. The number of esters is 1. The maximum Gasteiger partial charge on any atom is 0.433 e. The van der Waals surface area contributed by atoms with Crippen molar-refractivity contribution in [2.75, 3.05) is 25.6 Å². The van der Waals surface area contributed by atoms with Gasteiger partial charge in [0.05, 0.1) is 36.0 Å². The Morgan fingerprint density at radius 3 is 2.37 bits per heavy atom. The predicted octanol–water partition coefficient (Wildman–Crippen LogP) is 8.29. The van der Waals surface area contributed by atoms with Gasteiger partial charge in [0.15, 0.2) is 0 Å². The number of pyridine rings is 1. The van der Waals surface area contributed by atoms with Crippen LogP contribution in [0.4, 0.5) is 18.9 Å². The van der Waals surface area contributed by atoms with Crippen molar-refractivity contribution in [3.8, 4) is 0 Å². The molecule has 1 aliphatic carbocycles. The summed E-state index contributed by atoms with van der Waals surface area (Å²) in [5, 5.41) is 2.59. The summed E-state index contributed by atoms with van der Waals surface area (Å²) >= 11 is 0. The molecule has 1 aliphatic rings. The van der Waals surface area contributed by atoms with Crippen LogP contribution in [0, 0.1) is 5.92 Å². The van der Waals surface area contributed by atoms with Crippen LogP contribution in [0.3, 0.4) is 0 Å². The Bertz CT molecular complexity index is 1750. The molecule has 5 rings (SSSR count). The van der Waals surface area contributed by atoms with Gasteiger partial charge in [-0.25, -0.2) is 14.8 Å². The van der Waals surface area contributed by atoms with E-state index in [2.05, 4.69) is 42.1 Å². The van der Waals surface area contributed by atoms with E-state index in [1.165, 1.54) is 13.2 Å². The molecule has 2 aromatic heterocycles. The second-order valence-corrected chi connectivity index (χ2v) is 19.3. The first-order valence-electron chi connectivity index (χ1n) is 16.5. The highest BCUT2D eigenvalue weighted by Gasteiger charge is 2.33. The SMILES string of the molecule is COC(=O)c1cc2nc([C@H]3CC[C@H](COCc4ccccc4)CC3)n(COCC[Si](C)(C)C)c2cc1NC(=O)c1cccc(C(F)(F)F)n1. The lowest BCUT2D eigenvalue weighted by Gasteiger charge is -2.28. The van der Waals surface area contributed by atoms with Gasteiger partial charge in [-0.15, -0.1) is 0 Å². The van der Waals surface area contributed by atoms with E-state index in [0.29, 0.717) is 36.8 Å². The van der Waals surface area contributed by atoms with Gasteiger partial charge in [0, 0.05) is 27.2 Å². The molecule has 2 aromatic carbocycles. The molecule has 1 N–H and O–H groups in total. The second kappa shape index (κ2) is 15.6. The number of halogens is 3. The van der Waals surface area contributed by atoms with Gasteiger partial charge < -0.3 is 24.1 Å². The number of alkyl halides is 3. The number of benzene rings is 2. The van der Waals surface area contributed by atoms with Crippen LogP contribution in [0.25, 0.3) is 11.0 Å². The summed E-state index contributed by atoms with van der Waals surface area (Å²) < 4.78 is 59.1. The molecular formula is C36H43F3N4O5Si. The van der Waals surface area contributed by atoms with Gasteiger partial charge in [0.2, 0.25) is 0 Å². The number of methoxy groups -OCH3 is 1. The minimum Gasteiger partial charge on any atom is -0.465 e. The molecule has 1 amide bonds. The standard InChI is InChI=1S/C36H43F3N4O5Si/c1-46-35(45)27-19-30-31(20-29(27)42-34(44)28-11-8-12-32(40-28)36(37,38)39)43(23-47-17-18-49(2,3)4)33(41-30)26-15-13-25(14-16-26)22-48-21-24-9-6-5-7-10-24/h5-12,19-20,25-26H,13-18,21-23H2,1-4H3,(H,42,44)/t25-,26-. The smallest absolute Gasteiger partial charge is 0.433 e. The first kappa shape index (κ1) is 36.2. The Kier molecular flexibility index (Phi) is 11.6. The molecule has 0 aliphatic heterocycles. The summed E-state index contributed by atoms with van der Waals surface area (Å²) in [6.07, 6.45) is -0.993. The summed E-state index contributed by atoms with van der Waals surface area (Å²) in [6.45, 7) is 8.89. The first-order chi connectivity index (χ1) is 23.3. The number of hydrogen-bond donors (Lipinski definition) is 1. The number of carbonyl (C=O) groups excluding carboxylic acids is 2. The number of nitrogens with one attached hydrogen (secondary N) is 1. The Morgan fingerprint density at radius 2 is 1.69 bits per heavy atom. The Hall–Kier alpha value is -4.07. The van der Waals surface area contributed by atoms with Crippen LogP contribution in [0.2, 0.25) is 25.7 Å². The van der Waals surface area contributed by atoms with Crippen molar-refractivity contribution in [1.29, 1.82) is 0 Å². The maximum absolute atomic E-state index is 13.3. The molecule has 0 bridgehead atoms. The normalized spacial score (nSPS) is 16.9. The summed E-state index contributed by atoms with van der Waals surface area (Å²) in [4.78, 5) is 34.5. The molecule has 2 heterocycles. The van der Waals surface area contributed by atoms with E-state index in [9.17, 15) is 22.8 Å². The number of aromatic nitrogens is 3. The highest BCUT2D eigenvalue weighted by atomic mass is 28.3. The molecule has 0 saturated heterocycles. The fourth-order valence-corrected chi connectivity index (χ4v) is 6.72. The van der Waals surface area contributed by atoms with Crippen LogP contribution in [-0.2, 0) is 33.7 Å². The zero-order valence-corrected chi connectivity index (χ0v) is 29.3. The minimum absolute atomic E-state index is 0.0189. The molecule has 1 fully saturated rings. The highest BCUT2D eigenvalue weighted by Crippen LogP contribution is 2.38. The van der Waals surface area contributed by atoms with E-state index in [-0.39, 0.29) is 23.9 Å². The number of fused-ring (bicyclic) bond motifs is 1. The summed E-state index contributed by atoms with van der Waals surface area (Å²) in [6, 6.07) is 17.3. The van der Waals surface area contributed by atoms with E-state index >= 15 is 0 Å². The number of anilines is 1. The van der Waals surface area contributed by atoms with E-state index in [1.54, 1.807) is 12.1 Å². The fraction of sp³-hybridized carbons (Fsp3) is 0.444. The third-order valence-electron chi connectivity index (χ3n) is 8.74. The number of amides is 1. The average molecular weight is 697 g/mol. The van der Waals surface area contributed by atoms with E-state index in [1.807, 2.05) is 22.8 Å². The number of carbonyl (C=O) groups is 2. The van der Waals surface area contributed by atoms with Gasteiger partial charge in [-0.05, 0) is 67.5 Å². The topological polar surface area (TPSA) is 105 Å². The summed E-state index contributed by atoms with van der Waals surface area (Å²) in [5.41, 5.74) is 0.734. The van der Waals surface area contributed by atoms with Crippen molar-refractivity contribution in [2.45, 2.75) is 76.8 Å². The van der Waals surface area contributed by atoms with Gasteiger partial charge in [0.25, 0.3) is 5.91 Å². The van der Waals surface area contributed by atoms with E-state index in [4.69, 9.17) is 19.2 Å². The Balaban J connectivity index is 1.41. The molecule has 9 nitrogen and oxygen atoms in total. The van der Waals surface area contributed by atoms with Gasteiger partial charge >= 0.3 is 12.1 Å². The van der Waals surface area contributed by atoms with Crippen molar-refractivity contribution < 1.29 is 37.0 Å². The quantitative estimate of drug-likeness (QED) is 0.0852. The molecule has 4 aromatic rings. The lowest BCUT2D eigenvalue weighted by Crippen LogP contribution is -2.23. The molecule has 0 radical (unpaired) electrons. The zero-order chi connectivity index (χ0) is 35.2. The van der Waals surface area contributed by atoms with Crippen molar-refractivity contribution in [1.82, 2.24) is 14.5 Å². The molecule has 0 atom stereocenters. The van der Waals surface area contributed by atoms with Crippen molar-refractivity contribution >= 4 is 36.7 Å². The lowest BCUT2D eigenvalue weighted by molar-refractivity contribution is -0.141. The van der Waals surface area contributed by atoms with E-state index in [0.717, 1.165) is 55.2 Å². The van der Waals surface area contributed by atoms with Crippen molar-refractivity contribution in [3.63, 3.8) is 0 Å². The van der Waals surface area contributed by atoms with Crippen LogP contribution in [-0.4, -0.2) is 54.8 Å². The second-order valence-electron chi connectivity index (χ2n) is 13.7. The zero-order valence-electron chi connectivity index (χ0n) is 28.3. The van der Waals surface area contributed by atoms with Gasteiger partial charge in [0.1, 0.15) is 23.9 Å². The van der Waals surface area contributed by atoms with Crippen LogP contribution >= 0.6 is 0 Å². The molecule has 0 unspecified atom stereocenters. The molecule has 49 heavy (non-hydrogen) atoms. The molecule has 13 heteroatoms. The first-order valence-corrected chi connectivity index (χ1v) is 20.2. The molecule has 262 valence electrons. The summed E-state index contributed by atoms with van der Waals surface area (Å²) in [5.74, 6) is -0.241. The maximum atomic E-state index is 13.3.